The summed E-state index contributed by atoms with van der Waals surface area (Å²) in [4.78, 5) is 0.00282. The summed E-state index contributed by atoms with van der Waals surface area (Å²) in [5.41, 5.74) is 1.78. The SMILES string of the molecule is COc1cc(C)c(C)cc1S(=O)(=O)Oc1ccc(Cl)cc1. The Morgan fingerprint density at radius 3 is 2.14 bits per heavy atom. The minimum atomic E-state index is -3.98. The summed E-state index contributed by atoms with van der Waals surface area (Å²) in [6, 6.07) is 9.32. The van der Waals surface area contributed by atoms with E-state index in [9.17, 15) is 8.42 Å². The molecule has 0 N–H and O–H groups in total. The Bertz CT molecular complexity index is 752. The van der Waals surface area contributed by atoms with Gasteiger partial charge in [0.15, 0.2) is 0 Å². The molecular formula is C15H15ClO4S. The molecule has 6 heteroatoms. The van der Waals surface area contributed by atoms with Gasteiger partial charge >= 0.3 is 10.1 Å². The van der Waals surface area contributed by atoms with Crippen LogP contribution < -0.4 is 8.92 Å². The van der Waals surface area contributed by atoms with E-state index < -0.39 is 10.1 Å². The van der Waals surface area contributed by atoms with Crippen LogP contribution in [0.5, 0.6) is 11.5 Å². The van der Waals surface area contributed by atoms with E-state index in [-0.39, 0.29) is 16.4 Å². The summed E-state index contributed by atoms with van der Waals surface area (Å²) in [6.45, 7) is 3.71. The van der Waals surface area contributed by atoms with Crippen LogP contribution in [0, 0.1) is 13.8 Å². The maximum atomic E-state index is 12.4. The van der Waals surface area contributed by atoms with E-state index in [1.807, 2.05) is 13.8 Å². The zero-order chi connectivity index (χ0) is 15.6. The lowest BCUT2D eigenvalue weighted by atomic mass is 10.1. The van der Waals surface area contributed by atoms with Gasteiger partial charge in [-0.2, -0.15) is 8.42 Å². The molecule has 0 amide bonds. The van der Waals surface area contributed by atoms with Crippen molar-refractivity contribution in [2.45, 2.75) is 18.7 Å². The number of halogens is 1. The first-order valence-corrected chi connectivity index (χ1v) is 7.97. The molecule has 0 aromatic heterocycles. The number of aryl methyl sites for hydroxylation is 2. The Labute approximate surface area is 129 Å². The number of rotatable bonds is 4. The molecule has 0 radical (unpaired) electrons. The van der Waals surface area contributed by atoms with Crippen LogP contribution in [0.2, 0.25) is 5.02 Å². The average Bonchev–Trinajstić information content (AvgIpc) is 2.43. The van der Waals surface area contributed by atoms with Crippen molar-refractivity contribution in [1.29, 1.82) is 0 Å². The van der Waals surface area contributed by atoms with Gasteiger partial charge in [0.1, 0.15) is 16.4 Å². The summed E-state index contributed by atoms with van der Waals surface area (Å²) in [5.74, 6) is 0.451. The molecule has 0 saturated heterocycles. The molecule has 4 nitrogen and oxygen atoms in total. The van der Waals surface area contributed by atoms with E-state index in [1.54, 1.807) is 24.3 Å². The summed E-state index contributed by atoms with van der Waals surface area (Å²) in [7, 11) is -2.55. The van der Waals surface area contributed by atoms with Gasteiger partial charge in [0, 0.05) is 5.02 Å². The van der Waals surface area contributed by atoms with Crippen molar-refractivity contribution >= 4 is 21.7 Å². The monoisotopic (exact) mass is 326 g/mol. The zero-order valence-electron chi connectivity index (χ0n) is 11.9. The van der Waals surface area contributed by atoms with E-state index in [0.717, 1.165) is 11.1 Å². The van der Waals surface area contributed by atoms with Gasteiger partial charge in [0.2, 0.25) is 0 Å². The van der Waals surface area contributed by atoms with Gasteiger partial charge in [-0.15, -0.1) is 0 Å². The standard InChI is InChI=1S/C15H15ClO4S/c1-10-8-14(19-3)15(9-11(10)2)21(17,18)20-13-6-4-12(16)5-7-13/h4-9H,1-3H3. The Hall–Kier alpha value is -1.72. The fraction of sp³-hybridized carbons (Fsp3) is 0.200. The molecule has 0 aliphatic carbocycles. The van der Waals surface area contributed by atoms with Crippen LogP contribution in [0.4, 0.5) is 0 Å². The van der Waals surface area contributed by atoms with E-state index in [0.29, 0.717) is 5.02 Å². The van der Waals surface area contributed by atoms with E-state index in [1.165, 1.54) is 19.2 Å². The van der Waals surface area contributed by atoms with Gasteiger partial charge < -0.3 is 8.92 Å². The minimum Gasteiger partial charge on any atom is -0.495 e. The summed E-state index contributed by atoms with van der Waals surface area (Å²) >= 11 is 5.76. The highest BCUT2D eigenvalue weighted by Gasteiger charge is 2.23. The van der Waals surface area contributed by atoms with Gasteiger partial charge in [0.25, 0.3) is 0 Å². The molecule has 0 fully saturated rings. The largest absolute Gasteiger partial charge is 0.495 e. The third-order valence-corrected chi connectivity index (χ3v) is 4.59. The molecule has 2 aromatic carbocycles. The van der Waals surface area contributed by atoms with Crippen LogP contribution in [0.3, 0.4) is 0 Å². The van der Waals surface area contributed by atoms with Gasteiger partial charge in [-0.25, -0.2) is 0 Å². The summed E-state index contributed by atoms with van der Waals surface area (Å²) in [6.07, 6.45) is 0. The van der Waals surface area contributed by atoms with Crippen LogP contribution in [-0.4, -0.2) is 15.5 Å². The quantitative estimate of drug-likeness (QED) is 0.803. The van der Waals surface area contributed by atoms with Crippen LogP contribution >= 0.6 is 11.6 Å². The van der Waals surface area contributed by atoms with Crippen molar-refractivity contribution in [3.63, 3.8) is 0 Å². The van der Waals surface area contributed by atoms with Crippen molar-refractivity contribution in [3.05, 3.63) is 52.5 Å². The topological polar surface area (TPSA) is 52.6 Å². The fourth-order valence-corrected chi connectivity index (χ4v) is 3.07. The van der Waals surface area contributed by atoms with E-state index in [2.05, 4.69) is 0 Å². The van der Waals surface area contributed by atoms with Crippen molar-refractivity contribution in [2.75, 3.05) is 7.11 Å². The Morgan fingerprint density at radius 2 is 1.57 bits per heavy atom. The van der Waals surface area contributed by atoms with Crippen LogP contribution in [0.25, 0.3) is 0 Å². The van der Waals surface area contributed by atoms with Crippen molar-refractivity contribution < 1.29 is 17.3 Å². The second kappa shape index (κ2) is 5.95. The highest BCUT2D eigenvalue weighted by molar-refractivity contribution is 7.87. The highest BCUT2D eigenvalue weighted by atomic mass is 35.5. The molecule has 0 atom stereocenters. The van der Waals surface area contributed by atoms with Crippen LogP contribution in [-0.2, 0) is 10.1 Å². The van der Waals surface area contributed by atoms with E-state index in [4.69, 9.17) is 20.5 Å². The number of methoxy groups -OCH3 is 1. The molecule has 0 unspecified atom stereocenters. The molecule has 0 spiro atoms. The minimum absolute atomic E-state index is 0.00282. The highest BCUT2D eigenvalue weighted by Crippen LogP contribution is 2.30. The molecule has 21 heavy (non-hydrogen) atoms. The number of benzene rings is 2. The second-order valence-corrected chi connectivity index (χ2v) is 6.53. The van der Waals surface area contributed by atoms with Crippen molar-refractivity contribution in [2.24, 2.45) is 0 Å². The summed E-state index contributed by atoms with van der Waals surface area (Å²) < 4.78 is 35.0. The summed E-state index contributed by atoms with van der Waals surface area (Å²) in [5, 5.41) is 0.503. The molecule has 2 rings (SSSR count). The third-order valence-electron chi connectivity index (χ3n) is 3.07. The lowest BCUT2D eigenvalue weighted by molar-refractivity contribution is 0.397. The molecule has 0 aliphatic rings. The smallest absolute Gasteiger partial charge is 0.342 e. The fourth-order valence-electron chi connectivity index (χ4n) is 1.78. The molecular weight excluding hydrogens is 312 g/mol. The molecule has 2 aromatic rings. The molecule has 0 bridgehead atoms. The van der Waals surface area contributed by atoms with Gasteiger partial charge in [-0.05, 0) is 61.4 Å². The van der Waals surface area contributed by atoms with Gasteiger partial charge in [-0.3, -0.25) is 0 Å². The molecule has 0 aliphatic heterocycles. The Morgan fingerprint density at radius 1 is 1.00 bits per heavy atom. The maximum Gasteiger partial charge on any atom is 0.342 e. The van der Waals surface area contributed by atoms with Crippen LogP contribution in [0.1, 0.15) is 11.1 Å². The normalized spacial score (nSPS) is 11.2. The Kier molecular flexibility index (Phi) is 4.44. The first-order valence-electron chi connectivity index (χ1n) is 6.19. The zero-order valence-corrected chi connectivity index (χ0v) is 13.5. The first kappa shape index (κ1) is 15.7. The Balaban J connectivity index is 2.44. The maximum absolute atomic E-state index is 12.4. The number of hydrogen-bond acceptors (Lipinski definition) is 4. The predicted molar refractivity (Wildman–Crippen MR) is 81.7 cm³/mol. The molecule has 0 heterocycles. The second-order valence-electron chi connectivity index (χ2n) is 4.58. The van der Waals surface area contributed by atoms with Crippen molar-refractivity contribution in [3.8, 4) is 11.5 Å². The molecule has 112 valence electrons. The lowest BCUT2D eigenvalue weighted by Crippen LogP contribution is -2.11. The van der Waals surface area contributed by atoms with Gasteiger partial charge in [-0.1, -0.05) is 11.6 Å². The van der Waals surface area contributed by atoms with Gasteiger partial charge in [0.05, 0.1) is 7.11 Å². The first-order chi connectivity index (χ1) is 9.83. The lowest BCUT2D eigenvalue weighted by Gasteiger charge is -2.13. The molecule has 0 saturated carbocycles. The van der Waals surface area contributed by atoms with Crippen molar-refractivity contribution in [1.82, 2.24) is 0 Å². The average molecular weight is 327 g/mol. The van der Waals surface area contributed by atoms with E-state index >= 15 is 0 Å². The third kappa shape index (κ3) is 3.49. The number of hydrogen-bond donors (Lipinski definition) is 0. The predicted octanol–water partition coefficient (Wildman–Crippen LogP) is 3.73. The van der Waals surface area contributed by atoms with Crippen LogP contribution in [0.15, 0.2) is 41.3 Å². The number of ether oxygens (including phenoxy) is 1.